The van der Waals surface area contributed by atoms with Gasteiger partial charge < -0.3 is 4.42 Å². The molecule has 0 aliphatic heterocycles. The molecule has 4 rings (SSSR count). The van der Waals surface area contributed by atoms with E-state index in [1.807, 2.05) is 42.5 Å². The molecule has 29 heavy (non-hydrogen) atoms. The van der Waals surface area contributed by atoms with Gasteiger partial charge >= 0.3 is 0 Å². The van der Waals surface area contributed by atoms with Crippen molar-refractivity contribution < 1.29 is 4.42 Å². The summed E-state index contributed by atoms with van der Waals surface area (Å²) in [4.78, 5) is 0. The van der Waals surface area contributed by atoms with Gasteiger partial charge in [-0.2, -0.15) is 0 Å². The maximum atomic E-state index is 5.83. The molecule has 4 aromatic rings. The number of nitrogens with zero attached hydrogens (tertiary/aromatic N) is 2. The predicted molar refractivity (Wildman–Crippen MR) is 123 cm³/mol. The van der Waals surface area contributed by atoms with Gasteiger partial charge in [0.05, 0.1) is 0 Å². The van der Waals surface area contributed by atoms with Gasteiger partial charge in [-0.3, -0.25) is 0 Å². The van der Waals surface area contributed by atoms with Crippen LogP contribution in [-0.4, -0.2) is 10.2 Å². The van der Waals surface area contributed by atoms with Crippen LogP contribution < -0.4 is 0 Å². The molecule has 3 aromatic carbocycles. The highest BCUT2D eigenvalue weighted by atomic mass is 16.4. The highest BCUT2D eigenvalue weighted by molar-refractivity contribution is 5.68. The van der Waals surface area contributed by atoms with E-state index in [1.165, 1.54) is 16.7 Å². The Hall–Kier alpha value is -3.20. The minimum absolute atomic E-state index is 0. The molecule has 3 nitrogen and oxygen atoms in total. The quantitative estimate of drug-likeness (QED) is 0.350. The summed E-state index contributed by atoms with van der Waals surface area (Å²) in [5, 5.41) is 8.35. The fourth-order valence-electron chi connectivity index (χ4n) is 3.08. The van der Waals surface area contributed by atoms with Crippen LogP contribution in [0.25, 0.3) is 34.0 Å². The Morgan fingerprint density at radius 1 is 0.655 bits per heavy atom. The second-order valence-electron chi connectivity index (χ2n) is 6.79. The largest absolute Gasteiger partial charge is 0.416 e. The van der Waals surface area contributed by atoms with Crippen LogP contribution in [-0.2, 0) is 0 Å². The van der Waals surface area contributed by atoms with Crippen molar-refractivity contribution in [3.8, 4) is 34.0 Å². The van der Waals surface area contributed by atoms with Gasteiger partial charge in [0.25, 0.3) is 0 Å². The summed E-state index contributed by atoms with van der Waals surface area (Å²) < 4.78 is 5.83. The average Bonchev–Trinajstić information content (AvgIpc) is 3.24. The third-order valence-corrected chi connectivity index (χ3v) is 5.00. The molecule has 0 aliphatic rings. The molecule has 0 spiro atoms. The van der Waals surface area contributed by atoms with Crippen LogP contribution in [0.1, 0.15) is 46.6 Å². The highest BCUT2D eigenvalue weighted by Crippen LogP contribution is 2.28. The van der Waals surface area contributed by atoms with Gasteiger partial charge in [0.15, 0.2) is 0 Å². The minimum atomic E-state index is 0. The van der Waals surface area contributed by atoms with Crippen molar-refractivity contribution in [2.24, 2.45) is 0 Å². The molecule has 0 aliphatic carbocycles. The first kappa shape index (κ1) is 22.1. The van der Waals surface area contributed by atoms with Crippen molar-refractivity contribution in [2.75, 3.05) is 0 Å². The zero-order valence-electron chi connectivity index (χ0n) is 15.6. The van der Waals surface area contributed by atoms with Crippen molar-refractivity contribution in [1.29, 1.82) is 0 Å². The van der Waals surface area contributed by atoms with Crippen LogP contribution in [0.2, 0.25) is 0 Å². The van der Waals surface area contributed by atoms with Crippen molar-refractivity contribution in [3.63, 3.8) is 0 Å². The van der Waals surface area contributed by atoms with E-state index in [2.05, 4.69) is 60.4 Å². The number of benzene rings is 3. The Balaban J connectivity index is 0.00000150. The van der Waals surface area contributed by atoms with Crippen molar-refractivity contribution >= 4 is 0 Å². The average molecular weight is 387 g/mol. The van der Waals surface area contributed by atoms with Gasteiger partial charge in [-0.15, -0.1) is 10.2 Å². The van der Waals surface area contributed by atoms with Crippen LogP contribution in [0, 0.1) is 0 Å². The Morgan fingerprint density at radius 3 is 1.62 bits per heavy atom. The van der Waals surface area contributed by atoms with Gasteiger partial charge in [-0.25, -0.2) is 0 Å². The maximum absolute atomic E-state index is 5.83. The molecule has 0 saturated carbocycles. The first-order chi connectivity index (χ1) is 13.2. The smallest absolute Gasteiger partial charge is 0.248 e. The van der Waals surface area contributed by atoms with Crippen molar-refractivity contribution in [3.05, 3.63) is 84.4 Å². The molecule has 0 bridgehead atoms. The van der Waals surface area contributed by atoms with Gasteiger partial charge in [0.1, 0.15) is 0 Å². The van der Waals surface area contributed by atoms with E-state index in [4.69, 9.17) is 4.42 Å². The van der Waals surface area contributed by atoms with E-state index in [0.29, 0.717) is 17.7 Å². The first-order valence-corrected chi connectivity index (χ1v) is 9.34. The van der Waals surface area contributed by atoms with Crippen LogP contribution in [0.15, 0.2) is 83.3 Å². The number of hydrogen-bond acceptors (Lipinski definition) is 3. The molecule has 0 saturated heterocycles. The second kappa shape index (κ2) is 9.83. The molecule has 3 heteroatoms. The fourth-order valence-corrected chi connectivity index (χ4v) is 3.08. The van der Waals surface area contributed by atoms with E-state index in [0.717, 1.165) is 17.5 Å². The van der Waals surface area contributed by atoms with Crippen LogP contribution in [0.4, 0.5) is 0 Å². The molecule has 0 fully saturated rings. The highest BCUT2D eigenvalue weighted by Gasteiger charge is 2.10. The maximum Gasteiger partial charge on any atom is 0.248 e. The van der Waals surface area contributed by atoms with Crippen molar-refractivity contribution in [2.45, 2.75) is 41.0 Å². The van der Waals surface area contributed by atoms with Gasteiger partial charge in [0, 0.05) is 11.1 Å². The lowest BCUT2D eigenvalue weighted by Gasteiger charge is -2.10. The van der Waals surface area contributed by atoms with Gasteiger partial charge in [-0.05, 0) is 53.3 Å². The summed E-state index contributed by atoms with van der Waals surface area (Å²) in [6, 6.07) is 26.9. The first-order valence-electron chi connectivity index (χ1n) is 9.34. The topological polar surface area (TPSA) is 38.9 Å². The normalized spacial score (nSPS) is 11.2. The second-order valence-corrected chi connectivity index (χ2v) is 6.79. The Bertz CT molecular complexity index is 1000. The molecule has 0 radical (unpaired) electrons. The number of aromatic nitrogens is 2. The molecule has 0 N–H and O–H groups in total. The molecule has 1 aromatic heterocycles. The molecule has 1 heterocycles. The van der Waals surface area contributed by atoms with Crippen molar-refractivity contribution in [1.82, 2.24) is 10.2 Å². The third-order valence-electron chi connectivity index (χ3n) is 5.00. The third kappa shape index (κ3) is 4.80. The van der Waals surface area contributed by atoms with Gasteiger partial charge in [0.2, 0.25) is 11.8 Å². The summed E-state index contributed by atoms with van der Waals surface area (Å²) in [6.45, 7) is 4.48. The summed E-state index contributed by atoms with van der Waals surface area (Å²) in [5.41, 5.74) is 5.62. The number of hydrogen-bond donors (Lipinski definition) is 0. The fraction of sp³-hybridized carbons (Fsp3) is 0.231. The van der Waals surface area contributed by atoms with Crippen LogP contribution >= 0.6 is 0 Å². The van der Waals surface area contributed by atoms with E-state index < -0.39 is 0 Å². The lowest BCUT2D eigenvalue weighted by atomic mass is 9.95. The SMILES string of the molecule is C.C.CCC(C)c1ccc(-c2ccc(-c3nnc(-c4ccccc4)o3)cc2)cc1. The molecular weight excluding hydrogens is 356 g/mol. The molecule has 1 unspecified atom stereocenters. The zero-order chi connectivity index (χ0) is 18.6. The lowest BCUT2D eigenvalue weighted by molar-refractivity contribution is 0.584. The predicted octanol–water partition coefficient (Wildman–Crippen LogP) is 7.86. The standard InChI is InChI=1S/C24H22N2O.2CH4/c1-3-17(2)18-9-11-19(12-10-18)20-13-15-22(16-14-20)24-26-25-23(27-24)21-7-5-4-6-8-21;;/h4-17H,3H2,1-2H3;2*1H4. The summed E-state index contributed by atoms with van der Waals surface area (Å²) in [6.07, 6.45) is 1.16. The Morgan fingerprint density at radius 2 is 1.10 bits per heavy atom. The monoisotopic (exact) mass is 386 g/mol. The van der Waals surface area contributed by atoms with Crippen LogP contribution in [0.3, 0.4) is 0 Å². The summed E-state index contributed by atoms with van der Waals surface area (Å²) in [7, 11) is 0. The van der Waals surface area contributed by atoms with Gasteiger partial charge in [-0.1, -0.05) is 83.3 Å². The molecular formula is C26H30N2O. The Kier molecular flexibility index (Phi) is 7.49. The summed E-state index contributed by atoms with van der Waals surface area (Å²) >= 11 is 0. The zero-order valence-corrected chi connectivity index (χ0v) is 15.6. The minimum Gasteiger partial charge on any atom is -0.416 e. The molecule has 0 amide bonds. The number of rotatable bonds is 5. The molecule has 1 atom stereocenters. The van der Waals surface area contributed by atoms with E-state index in [9.17, 15) is 0 Å². The van der Waals surface area contributed by atoms with E-state index in [-0.39, 0.29) is 14.9 Å². The summed E-state index contributed by atoms with van der Waals surface area (Å²) in [5.74, 6) is 1.67. The Labute approximate surface area is 174 Å². The molecule has 150 valence electrons. The lowest BCUT2D eigenvalue weighted by Crippen LogP contribution is -1.90. The van der Waals surface area contributed by atoms with Crippen LogP contribution in [0.5, 0.6) is 0 Å². The van der Waals surface area contributed by atoms with E-state index in [1.54, 1.807) is 0 Å². The van der Waals surface area contributed by atoms with E-state index >= 15 is 0 Å².